The Hall–Kier alpha value is -1.45. The molecule has 3 heteroatoms. The molecule has 0 saturated heterocycles. The van der Waals surface area contributed by atoms with E-state index < -0.39 is 10.8 Å². The summed E-state index contributed by atoms with van der Waals surface area (Å²) < 4.78 is 12.4. The van der Waals surface area contributed by atoms with Gasteiger partial charge in [0.25, 0.3) is 0 Å². The fourth-order valence-corrected chi connectivity index (χ4v) is 3.60. The average Bonchev–Trinajstić information content (AvgIpc) is 2.37. The fraction of sp³-hybridized carbons (Fsp3) is 0.294. The summed E-state index contributed by atoms with van der Waals surface area (Å²) >= 11 is 0. The van der Waals surface area contributed by atoms with Crippen LogP contribution < -0.4 is 5.73 Å². The van der Waals surface area contributed by atoms with Crippen LogP contribution in [0.15, 0.2) is 47.4 Å². The minimum Gasteiger partial charge on any atom is -0.323 e. The second kappa shape index (κ2) is 6.33. The van der Waals surface area contributed by atoms with E-state index in [2.05, 4.69) is 32.0 Å². The molecular formula is C17H21NOS. The summed E-state index contributed by atoms with van der Waals surface area (Å²) in [7, 11) is -1.06. The quantitative estimate of drug-likeness (QED) is 0.936. The Morgan fingerprint density at radius 2 is 1.65 bits per heavy atom. The minimum absolute atomic E-state index is 0.199. The van der Waals surface area contributed by atoms with Crippen molar-refractivity contribution in [2.24, 2.45) is 5.73 Å². The van der Waals surface area contributed by atoms with Crippen molar-refractivity contribution in [3.8, 4) is 0 Å². The van der Waals surface area contributed by atoms with Crippen molar-refractivity contribution in [1.29, 1.82) is 0 Å². The lowest BCUT2D eigenvalue weighted by Crippen LogP contribution is -2.18. The fourth-order valence-electron chi connectivity index (χ4n) is 2.34. The van der Waals surface area contributed by atoms with Gasteiger partial charge in [0, 0.05) is 16.7 Å². The van der Waals surface area contributed by atoms with Crippen LogP contribution in [-0.2, 0) is 10.8 Å². The zero-order chi connectivity index (χ0) is 14.7. The third kappa shape index (κ3) is 3.78. The van der Waals surface area contributed by atoms with Crippen LogP contribution in [0.3, 0.4) is 0 Å². The van der Waals surface area contributed by atoms with Gasteiger partial charge in [0.15, 0.2) is 0 Å². The Morgan fingerprint density at radius 3 is 2.25 bits per heavy atom. The van der Waals surface area contributed by atoms with Gasteiger partial charge in [0.05, 0.1) is 10.8 Å². The van der Waals surface area contributed by atoms with Crippen LogP contribution in [-0.4, -0.2) is 9.96 Å². The Bertz CT molecular complexity index is 616. The van der Waals surface area contributed by atoms with E-state index in [1.807, 2.05) is 31.2 Å². The molecule has 0 bridgehead atoms. The van der Waals surface area contributed by atoms with Crippen LogP contribution in [0.25, 0.3) is 0 Å². The van der Waals surface area contributed by atoms with Crippen molar-refractivity contribution >= 4 is 10.8 Å². The third-order valence-corrected chi connectivity index (χ3v) is 4.70. The monoisotopic (exact) mass is 287 g/mol. The van der Waals surface area contributed by atoms with Gasteiger partial charge < -0.3 is 5.73 Å². The number of aryl methyl sites for hydroxylation is 3. The molecule has 2 unspecified atom stereocenters. The van der Waals surface area contributed by atoms with Crippen molar-refractivity contribution in [1.82, 2.24) is 0 Å². The number of benzene rings is 2. The predicted molar refractivity (Wildman–Crippen MR) is 85.3 cm³/mol. The van der Waals surface area contributed by atoms with Gasteiger partial charge in [-0.1, -0.05) is 41.5 Å². The molecule has 0 aliphatic rings. The number of rotatable bonds is 4. The molecule has 20 heavy (non-hydrogen) atoms. The van der Waals surface area contributed by atoms with E-state index in [4.69, 9.17) is 5.73 Å². The van der Waals surface area contributed by atoms with Gasteiger partial charge in [0.1, 0.15) is 0 Å². The Labute approximate surface area is 123 Å². The maximum Gasteiger partial charge on any atom is 0.0548 e. The normalized spacial score (nSPS) is 14.0. The van der Waals surface area contributed by atoms with Crippen LogP contribution in [0.2, 0.25) is 0 Å². The number of hydrogen-bond acceptors (Lipinski definition) is 2. The SMILES string of the molecule is Cc1cc(C)cc(C(N)CS(=O)c2cccc(C)c2)c1. The largest absolute Gasteiger partial charge is 0.323 e. The molecule has 0 heterocycles. The van der Waals surface area contributed by atoms with Crippen LogP contribution in [0, 0.1) is 20.8 Å². The summed E-state index contributed by atoms with van der Waals surface area (Å²) in [6.45, 7) is 6.12. The highest BCUT2D eigenvalue weighted by molar-refractivity contribution is 7.85. The summed E-state index contributed by atoms with van der Waals surface area (Å²) in [6.07, 6.45) is 0. The molecule has 0 amide bonds. The molecule has 0 aliphatic carbocycles. The molecule has 2 aromatic rings. The molecule has 0 spiro atoms. The second-order valence-corrected chi connectivity index (χ2v) is 6.85. The first-order valence-corrected chi connectivity index (χ1v) is 8.06. The van der Waals surface area contributed by atoms with E-state index in [-0.39, 0.29) is 6.04 Å². The second-order valence-electron chi connectivity index (χ2n) is 5.36. The molecule has 0 aromatic heterocycles. The van der Waals surface area contributed by atoms with E-state index in [1.54, 1.807) is 0 Å². The topological polar surface area (TPSA) is 43.1 Å². The smallest absolute Gasteiger partial charge is 0.0548 e. The lowest BCUT2D eigenvalue weighted by molar-refractivity contribution is 0.675. The average molecular weight is 287 g/mol. The van der Waals surface area contributed by atoms with Crippen molar-refractivity contribution in [2.45, 2.75) is 31.7 Å². The maximum atomic E-state index is 12.4. The van der Waals surface area contributed by atoms with Gasteiger partial charge in [-0.15, -0.1) is 0 Å². The minimum atomic E-state index is -1.06. The predicted octanol–water partition coefficient (Wildman–Crippen LogP) is 3.42. The van der Waals surface area contributed by atoms with Crippen LogP contribution in [0.4, 0.5) is 0 Å². The summed E-state index contributed by atoms with van der Waals surface area (Å²) in [6, 6.07) is 13.9. The Morgan fingerprint density at radius 1 is 1.00 bits per heavy atom. The summed E-state index contributed by atoms with van der Waals surface area (Å²) in [5.74, 6) is 0.451. The van der Waals surface area contributed by atoms with Crippen molar-refractivity contribution < 1.29 is 4.21 Å². The standard InChI is InChI=1S/C17H21NOS/c1-12-5-4-6-16(10-12)20(19)11-17(18)15-8-13(2)7-14(3)9-15/h4-10,17H,11,18H2,1-3H3. The molecule has 2 rings (SSSR count). The van der Waals surface area contributed by atoms with Crippen molar-refractivity contribution in [3.05, 3.63) is 64.7 Å². The molecule has 0 radical (unpaired) electrons. The highest BCUT2D eigenvalue weighted by atomic mass is 32.2. The van der Waals surface area contributed by atoms with Gasteiger partial charge in [0.2, 0.25) is 0 Å². The lowest BCUT2D eigenvalue weighted by atomic mass is 10.0. The molecule has 2 aromatic carbocycles. The first-order valence-electron chi connectivity index (χ1n) is 6.74. The van der Waals surface area contributed by atoms with E-state index in [9.17, 15) is 4.21 Å². The zero-order valence-corrected chi connectivity index (χ0v) is 13.0. The number of hydrogen-bond donors (Lipinski definition) is 1. The van der Waals surface area contributed by atoms with E-state index in [0.717, 1.165) is 16.0 Å². The van der Waals surface area contributed by atoms with Gasteiger partial charge >= 0.3 is 0 Å². The Balaban J connectivity index is 2.15. The summed E-state index contributed by atoms with van der Waals surface area (Å²) in [4.78, 5) is 0.852. The highest BCUT2D eigenvalue weighted by Crippen LogP contribution is 2.18. The molecule has 2 nitrogen and oxygen atoms in total. The first kappa shape index (κ1) is 14.9. The van der Waals surface area contributed by atoms with Gasteiger partial charge in [-0.3, -0.25) is 4.21 Å². The summed E-state index contributed by atoms with van der Waals surface area (Å²) in [5.41, 5.74) is 10.8. The zero-order valence-electron chi connectivity index (χ0n) is 12.2. The highest BCUT2D eigenvalue weighted by Gasteiger charge is 2.13. The van der Waals surface area contributed by atoms with E-state index >= 15 is 0 Å². The van der Waals surface area contributed by atoms with Gasteiger partial charge in [-0.05, 0) is 44.0 Å². The number of nitrogens with two attached hydrogens (primary N) is 1. The summed E-state index contributed by atoms with van der Waals surface area (Å²) in [5, 5.41) is 0. The van der Waals surface area contributed by atoms with Crippen molar-refractivity contribution in [3.63, 3.8) is 0 Å². The van der Waals surface area contributed by atoms with Crippen LogP contribution >= 0.6 is 0 Å². The molecule has 2 atom stereocenters. The molecule has 2 N–H and O–H groups in total. The lowest BCUT2D eigenvalue weighted by Gasteiger charge is -2.14. The first-order chi connectivity index (χ1) is 9.45. The molecular weight excluding hydrogens is 266 g/mol. The van der Waals surface area contributed by atoms with E-state index in [1.165, 1.54) is 11.1 Å². The maximum absolute atomic E-state index is 12.4. The third-order valence-electron chi connectivity index (χ3n) is 3.26. The van der Waals surface area contributed by atoms with Crippen LogP contribution in [0.5, 0.6) is 0 Å². The van der Waals surface area contributed by atoms with Crippen LogP contribution in [0.1, 0.15) is 28.3 Å². The molecule has 0 aliphatic heterocycles. The van der Waals surface area contributed by atoms with Crippen molar-refractivity contribution in [2.75, 3.05) is 5.75 Å². The van der Waals surface area contributed by atoms with E-state index in [0.29, 0.717) is 5.75 Å². The van der Waals surface area contributed by atoms with Gasteiger partial charge in [-0.2, -0.15) is 0 Å². The Kier molecular flexibility index (Phi) is 4.73. The van der Waals surface area contributed by atoms with Gasteiger partial charge in [-0.25, -0.2) is 0 Å². The molecule has 106 valence electrons. The molecule has 0 fully saturated rings. The molecule has 0 saturated carbocycles.